The molecule has 3 aromatic rings. The number of halogens is 2. The second kappa shape index (κ2) is 8.39. The Kier molecular flexibility index (Phi) is 5.43. The van der Waals surface area contributed by atoms with E-state index < -0.39 is 5.82 Å². The third-order valence-electron chi connectivity index (χ3n) is 5.99. The van der Waals surface area contributed by atoms with E-state index in [9.17, 15) is 14.0 Å². The largest absolute Gasteiger partial charge is 0.353 e. The monoisotopic (exact) mass is 452 g/mol. The maximum absolute atomic E-state index is 14.5. The molecule has 2 aromatic heterocycles. The highest BCUT2D eigenvalue weighted by Gasteiger charge is 2.29. The number of likely N-dealkylation sites (tertiary alicyclic amines) is 1. The lowest BCUT2D eigenvalue weighted by Crippen LogP contribution is -2.28. The first-order chi connectivity index (χ1) is 15.5. The lowest BCUT2D eigenvalue weighted by Gasteiger charge is -2.19. The van der Waals surface area contributed by atoms with Crippen LogP contribution in [-0.4, -0.2) is 33.9 Å². The number of carbonyl (C=O) groups excluding carboxylic acids is 1. The van der Waals surface area contributed by atoms with E-state index in [0.29, 0.717) is 22.0 Å². The molecule has 6 nitrogen and oxygen atoms in total. The van der Waals surface area contributed by atoms with Crippen LogP contribution in [0.3, 0.4) is 0 Å². The zero-order valence-corrected chi connectivity index (χ0v) is 18.1. The Balaban J connectivity index is 1.58. The number of rotatable bonds is 5. The molecule has 1 aliphatic heterocycles. The molecule has 1 saturated carbocycles. The Morgan fingerprint density at radius 2 is 1.91 bits per heavy atom. The summed E-state index contributed by atoms with van der Waals surface area (Å²) in [6, 6.07) is 7.52. The molecule has 0 atom stereocenters. The topological polar surface area (TPSA) is 78.1 Å². The molecule has 0 spiro atoms. The van der Waals surface area contributed by atoms with Crippen molar-refractivity contribution in [2.75, 3.05) is 18.4 Å². The molecule has 1 amide bonds. The third kappa shape index (κ3) is 4.00. The minimum atomic E-state index is -0.529. The molecule has 1 aliphatic carbocycles. The Morgan fingerprint density at radius 1 is 1.12 bits per heavy atom. The van der Waals surface area contributed by atoms with Crippen molar-refractivity contribution in [1.82, 2.24) is 14.9 Å². The van der Waals surface area contributed by atoms with Crippen molar-refractivity contribution in [2.45, 2.75) is 31.6 Å². The van der Waals surface area contributed by atoms with Gasteiger partial charge in [0.1, 0.15) is 5.82 Å². The van der Waals surface area contributed by atoms with E-state index in [1.54, 1.807) is 24.5 Å². The normalized spacial score (nSPS) is 15.8. The highest BCUT2D eigenvalue weighted by molar-refractivity contribution is 6.30. The smallest absolute Gasteiger partial charge is 0.257 e. The van der Waals surface area contributed by atoms with Gasteiger partial charge in [-0.3, -0.25) is 14.6 Å². The SMILES string of the molecule is O=C(c1cnccc1Nc1cc(-c2cc(Cl)ccc2F)c(=O)[nH]c1C1CC1)N1CCCC1. The Hall–Kier alpha value is -3.19. The van der Waals surface area contributed by atoms with Crippen LogP contribution in [0.2, 0.25) is 5.02 Å². The van der Waals surface area contributed by atoms with Gasteiger partial charge in [0.25, 0.3) is 11.5 Å². The first kappa shape index (κ1) is 20.7. The van der Waals surface area contributed by atoms with Gasteiger partial charge in [-0.2, -0.15) is 0 Å². The summed E-state index contributed by atoms with van der Waals surface area (Å²) in [5.74, 6) is -0.376. The number of hydrogen-bond acceptors (Lipinski definition) is 4. The van der Waals surface area contributed by atoms with E-state index in [4.69, 9.17) is 11.6 Å². The Bertz CT molecular complexity index is 1250. The van der Waals surface area contributed by atoms with Crippen LogP contribution in [0.15, 0.2) is 47.5 Å². The first-order valence-corrected chi connectivity index (χ1v) is 11.1. The molecule has 5 rings (SSSR count). The number of benzene rings is 1. The van der Waals surface area contributed by atoms with Crippen molar-refractivity contribution in [3.8, 4) is 11.1 Å². The molecule has 0 bridgehead atoms. The average Bonchev–Trinajstić information content (AvgIpc) is 3.49. The van der Waals surface area contributed by atoms with Crippen molar-refractivity contribution < 1.29 is 9.18 Å². The number of pyridine rings is 2. The third-order valence-corrected chi connectivity index (χ3v) is 6.23. The van der Waals surface area contributed by atoms with Crippen molar-refractivity contribution in [3.05, 3.63) is 75.2 Å². The predicted octanol–water partition coefficient (Wildman–Crippen LogP) is 5.09. The quantitative estimate of drug-likeness (QED) is 0.565. The Morgan fingerprint density at radius 3 is 2.66 bits per heavy atom. The van der Waals surface area contributed by atoms with Gasteiger partial charge in [-0.25, -0.2) is 4.39 Å². The van der Waals surface area contributed by atoms with Crippen LogP contribution in [0.4, 0.5) is 15.8 Å². The van der Waals surface area contributed by atoms with Gasteiger partial charge in [-0.05, 0) is 56.0 Å². The number of nitrogens with zero attached hydrogens (tertiary/aromatic N) is 2. The molecule has 0 radical (unpaired) electrons. The summed E-state index contributed by atoms with van der Waals surface area (Å²) in [6.45, 7) is 1.47. The highest BCUT2D eigenvalue weighted by Crippen LogP contribution is 2.43. The number of carbonyl (C=O) groups is 1. The molecule has 2 N–H and O–H groups in total. The number of amides is 1. The van der Waals surface area contributed by atoms with Crippen molar-refractivity contribution in [1.29, 1.82) is 0 Å². The Labute approximate surface area is 189 Å². The maximum atomic E-state index is 14.5. The number of nitrogens with one attached hydrogen (secondary N) is 2. The standard InChI is InChI=1S/C24H22ClFN4O2/c25-15-5-6-19(26)16(11-15)17-12-21(22(14-3-4-14)29-23(17)31)28-20-7-8-27-13-18(20)24(32)30-9-1-2-10-30/h5-8,11-14H,1-4,9-10H2,(H,27,28)(H,29,31). The van der Waals surface area contributed by atoms with Crippen molar-refractivity contribution in [2.24, 2.45) is 0 Å². The van der Waals surface area contributed by atoms with Gasteiger partial charge in [0.2, 0.25) is 0 Å². The van der Waals surface area contributed by atoms with Crippen LogP contribution in [0.5, 0.6) is 0 Å². The van der Waals surface area contributed by atoms with Gasteiger partial charge < -0.3 is 15.2 Å². The predicted molar refractivity (Wildman–Crippen MR) is 122 cm³/mol. The van der Waals surface area contributed by atoms with Gasteiger partial charge in [-0.15, -0.1) is 0 Å². The average molecular weight is 453 g/mol. The number of hydrogen-bond donors (Lipinski definition) is 2. The van der Waals surface area contributed by atoms with Crippen LogP contribution in [0, 0.1) is 5.82 Å². The molecule has 0 unspecified atom stereocenters. The van der Waals surface area contributed by atoms with E-state index >= 15 is 0 Å². The number of aromatic nitrogens is 2. The summed E-state index contributed by atoms with van der Waals surface area (Å²) in [4.78, 5) is 34.8. The molecule has 164 valence electrons. The van der Waals surface area contributed by atoms with Gasteiger partial charge in [0.05, 0.1) is 22.5 Å². The molecule has 1 aromatic carbocycles. The lowest BCUT2D eigenvalue weighted by atomic mass is 10.0. The molecular formula is C24H22ClFN4O2. The highest BCUT2D eigenvalue weighted by atomic mass is 35.5. The molecule has 3 heterocycles. The van der Waals surface area contributed by atoms with E-state index in [1.807, 2.05) is 4.90 Å². The number of anilines is 2. The molecule has 1 saturated heterocycles. The minimum absolute atomic E-state index is 0.0726. The van der Waals surface area contributed by atoms with Gasteiger partial charge in [0, 0.05) is 47.7 Å². The maximum Gasteiger partial charge on any atom is 0.257 e. The van der Waals surface area contributed by atoms with Gasteiger partial charge >= 0.3 is 0 Å². The van der Waals surface area contributed by atoms with Gasteiger partial charge in [-0.1, -0.05) is 11.6 Å². The summed E-state index contributed by atoms with van der Waals surface area (Å²) in [6.07, 6.45) is 7.09. The van der Waals surface area contributed by atoms with E-state index in [1.165, 1.54) is 18.2 Å². The van der Waals surface area contributed by atoms with Crippen LogP contribution in [0.1, 0.15) is 47.7 Å². The lowest BCUT2D eigenvalue weighted by molar-refractivity contribution is 0.0793. The fourth-order valence-corrected chi connectivity index (χ4v) is 4.33. The molecule has 8 heteroatoms. The van der Waals surface area contributed by atoms with Crippen LogP contribution < -0.4 is 10.9 Å². The summed E-state index contributed by atoms with van der Waals surface area (Å²) < 4.78 is 14.5. The van der Waals surface area contributed by atoms with E-state index in [-0.39, 0.29) is 28.5 Å². The fourth-order valence-electron chi connectivity index (χ4n) is 4.16. The zero-order valence-electron chi connectivity index (χ0n) is 17.3. The summed E-state index contributed by atoms with van der Waals surface area (Å²) in [5, 5.41) is 3.67. The zero-order chi connectivity index (χ0) is 22.2. The molecule has 2 fully saturated rings. The minimum Gasteiger partial charge on any atom is -0.353 e. The fraction of sp³-hybridized carbons (Fsp3) is 0.292. The summed E-state index contributed by atoms with van der Waals surface area (Å²) in [5.41, 5.74) is 2.41. The first-order valence-electron chi connectivity index (χ1n) is 10.7. The second-order valence-corrected chi connectivity index (χ2v) is 8.72. The number of aromatic amines is 1. The summed E-state index contributed by atoms with van der Waals surface area (Å²) in [7, 11) is 0. The van der Waals surface area contributed by atoms with E-state index in [0.717, 1.165) is 44.5 Å². The van der Waals surface area contributed by atoms with Crippen molar-refractivity contribution >= 4 is 28.9 Å². The van der Waals surface area contributed by atoms with Gasteiger partial charge in [0.15, 0.2) is 0 Å². The second-order valence-electron chi connectivity index (χ2n) is 8.28. The molecule has 32 heavy (non-hydrogen) atoms. The molecule has 2 aliphatic rings. The van der Waals surface area contributed by atoms with Crippen LogP contribution >= 0.6 is 11.6 Å². The van der Waals surface area contributed by atoms with Crippen LogP contribution in [-0.2, 0) is 0 Å². The summed E-state index contributed by atoms with van der Waals surface area (Å²) >= 11 is 6.05. The number of H-pyrrole nitrogens is 1. The van der Waals surface area contributed by atoms with E-state index in [2.05, 4.69) is 15.3 Å². The van der Waals surface area contributed by atoms with Crippen molar-refractivity contribution in [3.63, 3.8) is 0 Å². The molecular weight excluding hydrogens is 431 g/mol. The van der Waals surface area contributed by atoms with Crippen LogP contribution in [0.25, 0.3) is 11.1 Å².